The molecule has 1 aromatic rings. The predicted octanol–water partition coefficient (Wildman–Crippen LogP) is 3.48. The maximum Gasteiger partial charge on any atom is 0.247 e. The highest BCUT2D eigenvalue weighted by Crippen LogP contribution is 2.34. The summed E-state index contributed by atoms with van der Waals surface area (Å²) >= 11 is 0. The molecule has 0 bridgehead atoms. The predicted molar refractivity (Wildman–Crippen MR) is 117 cm³/mol. The molecule has 1 aliphatic carbocycles. The first-order valence-corrected chi connectivity index (χ1v) is 11.0. The number of carbonyl (C=O) groups excluding carboxylic acids is 3. The molecule has 0 spiro atoms. The van der Waals surface area contributed by atoms with E-state index in [1.807, 2.05) is 13.8 Å². The van der Waals surface area contributed by atoms with Crippen molar-refractivity contribution in [2.45, 2.75) is 64.8 Å². The van der Waals surface area contributed by atoms with Gasteiger partial charge in [-0.2, -0.15) is 0 Å². The van der Waals surface area contributed by atoms with Crippen molar-refractivity contribution in [1.82, 2.24) is 5.32 Å². The summed E-state index contributed by atoms with van der Waals surface area (Å²) < 4.78 is 5.47. The first-order valence-electron chi connectivity index (χ1n) is 11.0. The molecule has 1 atom stereocenters. The van der Waals surface area contributed by atoms with Gasteiger partial charge in [0, 0.05) is 30.6 Å². The van der Waals surface area contributed by atoms with Gasteiger partial charge in [-0.1, -0.05) is 33.1 Å². The molecule has 2 N–H and O–H groups in total. The van der Waals surface area contributed by atoms with Gasteiger partial charge in [0.2, 0.25) is 17.7 Å². The largest absolute Gasteiger partial charge is 0.494 e. The van der Waals surface area contributed by atoms with Crippen molar-refractivity contribution >= 4 is 29.1 Å². The molecule has 0 aromatic heterocycles. The lowest BCUT2D eigenvalue weighted by molar-refractivity contribution is -0.130. The fraction of sp³-hybridized carbons (Fsp3) is 0.609. The second-order valence-electron chi connectivity index (χ2n) is 8.59. The molecule has 0 unspecified atom stereocenters. The highest BCUT2D eigenvalue weighted by Gasteiger charge is 2.29. The van der Waals surface area contributed by atoms with E-state index in [0.29, 0.717) is 30.1 Å². The third kappa shape index (κ3) is 5.12. The second-order valence-corrected chi connectivity index (χ2v) is 8.59. The van der Waals surface area contributed by atoms with E-state index in [0.717, 1.165) is 32.1 Å². The number of anilines is 2. The molecule has 3 rings (SSSR count). The Morgan fingerprint density at radius 1 is 1.13 bits per heavy atom. The summed E-state index contributed by atoms with van der Waals surface area (Å²) in [4.78, 5) is 39.4. The number of hydrogen-bond acceptors (Lipinski definition) is 4. The summed E-state index contributed by atoms with van der Waals surface area (Å²) in [6.07, 6.45) is 6.48. The third-order valence-electron chi connectivity index (χ3n) is 6.03. The van der Waals surface area contributed by atoms with Crippen LogP contribution in [0.25, 0.3) is 0 Å². The normalized spacial score (nSPS) is 18.4. The lowest BCUT2D eigenvalue weighted by Crippen LogP contribution is -2.49. The number of benzene rings is 1. The number of amides is 3. The lowest BCUT2D eigenvalue weighted by atomic mass is 9.88. The van der Waals surface area contributed by atoms with Crippen LogP contribution in [-0.4, -0.2) is 37.4 Å². The van der Waals surface area contributed by atoms with Crippen LogP contribution in [0.2, 0.25) is 0 Å². The number of ether oxygens (including phenoxy) is 1. The van der Waals surface area contributed by atoms with E-state index in [1.165, 1.54) is 6.42 Å². The van der Waals surface area contributed by atoms with Gasteiger partial charge in [-0.15, -0.1) is 0 Å². The van der Waals surface area contributed by atoms with Crippen LogP contribution in [-0.2, 0) is 14.4 Å². The van der Waals surface area contributed by atoms with Gasteiger partial charge in [-0.3, -0.25) is 14.4 Å². The van der Waals surface area contributed by atoms with E-state index < -0.39 is 6.04 Å². The number of nitrogens with zero attached hydrogens (tertiary/aromatic N) is 1. The molecule has 30 heavy (non-hydrogen) atoms. The van der Waals surface area contributed by atoms with Crippen molar-refractivity contribution in [3.05, 3.63) is 18.2 Å². The average molecular weight is 416 g/mol. The quantitative estimate of drug-likeness (QED) is 0.714. The number of methoxy groups -OCH3 is 1. The summed E-state index contributed by atoms with van der Waals surface area (Å²) in [5.41, 5.74) is 1.29. The number of nitrogens with one attached hydrogen (secondary N) is 2. The van der Waals surface area contributed by atoms with Crippen molar-refractivity contribution in [1.29, 1.82) is 0 Å². The van der Waals surface area contributed by atoms with Crippen LogP contribution >= 0.6 is 0 Å². The van der Waals surface area contributed by atoms with Gasteiger partial charge in [0.25, 0.3) is 0 Å². The second kappa shape index (κ2) is 9.96. The Morgan fingerprint density at radius 2 is 1.87 bits per heavy atom. The molecule has 1 aliphatic heterocycles. The molecular formula is C23H33N3O4. The van der Waals surface area contributed by atoms with E-state index in [-0.39, 0.29) is 29.6 Å². The lowest BCUT2D eigenvalue weighted by Gasteiger charge is -2.26. The van der Waals surface area contributed by atoms with Gasteiger partial charge in [0.05, 0.1) is 12.8 Å². The van der Waals surface area contributed by atoms with Crippen molar-refractivity contribution in [2.75, 3.05) is 23.9 Å². The SMILES string of the molecule is COc1cc(NC(=O)[C@H](NC(=O)C2CCCCC2)C(C)C)ccc1N1CCCC1=O. The minimum Gasteiger partial charge on any atom is -0.494 e. The van der Waals surface area contributed by atoms with Crippen LogP contribution in [0.1, 0.15) is 58.8 Å². The van der Waals surface area contributed by atoms with Crippen LogP contribution in [0.3, 0.4) is 0 Å². The van der Waals surface area contributed by atoms with E-state index in [2.05, 4.69) is 10.6 Å². The smallest absolute Gasteiger partial charge is 0.247 e. The van der Waals surface area contributed by atoms with Gasteiger partial charge in [-0.25, -0.2) is 0 Å². The first-order chi connectivity index (χ1) is 14.4. The van der Waals surface area contributed by atoms with Gasteiger partial charge < -0.3 is 20.3 Å². The van der Waals surface area contributed by atoms with E-state index in [1.54, 1.807) is 30.2 Å². The van der Waals surface area contributed by atoms with Crippen LogP contribution in [0, 0.1) is 11.8 Å². The maximum absolute atomic E-state index is 12.9. The summed E-state index contributed by atoms with van der Waals surface area (Å²) in [6, 6.07) is 4.68. The molecule has 2 aliphatic rings. The van der Waals surface area contributed by atoms with Crippen molar-refractivity contribution in [2.24, 2.45) is 11.8 Å². The van der Waals surface area contributed by atoms with Crippen molar-refractivity contribution in [3.63, 3.8) is 0 Å². The molecule has 0 radical (unpaired) electrons. The number of rotatable bonds is 7. The Bertz CT molecular complexity index is 787. The zero-order valence-corrected chi connectivity index (χ0v) is 18.2. The molecule has 1 heterocycles. The molecule has 2 fully saturated rings. The fourth-order valence-corrected chi connectivity index (χ4v) is 4.27. The third-order valence-corrected chi connectivity index (χ3v) is 6.03. The topological polar surface area (TPSA) is 87.7 Å². The number of carbonyl (C=O) groups is 3. The average Bonchev–Trinajstić information content (AvgIpc) is 3.17. The van der Waals surface area contributed by atoms with Gasteiger partial charge in [0.1, 0.15) is 11.8 Å². The minimum absolute atomic E-state index is 0.00479. The molecule has 7 nitrogen and oxygen atoms in total. The molecule has 1 aromatic carbocycles. The molecule has 1 saturated heterocycles. The van der Waals surface area contributed by atoms with Crippen LogP contribution in [0.5, 0.6) is 5.75 Å². The minimum atomic E-state index is -0.606. The van der Waals surface area contributed by atoms with Crippen molar-refractivity contribution < 1.29 is 19.1 Å². The van der Waals surface area contributed by atoms with E-state index in [4.69, 9.17) is 4.74 Å². The summed E-state index contributed by atoms with van der Waals surface area (Å²) in [5.74, 6) is 0.308. The van der Waals surface area contributed by atoms with Gasteiger partial charge in [0.15, 0.2) is 0 Å². The van der Waals surface area contributed by atoms with Crippen LogP contribution < -0.4 is 20.3 Å². The Labute approximate surface area is 178 Å². The zero-order valence-electron chi connectivity index (χ0n) is 18.2. The Balaban J connectivity index is 1.69. The monoisotopic (exact) mass is 415 g/mol. The summed E-state index contributed by atoms with van der Waals surface area (Å²) in [5, 5.41) is 5.86. The Morgan fingerprint density at radius 3 is 2.47 bits per heavy atom. The van der Waals surface area contributed by atoms with Gasteiger partial charge >= 0.3 is 0 Å². The number of hydrogen-bond donors (Lipinski definition) is 2. The van der Waals surface area contributed by atoms with Crippen LogP contribution in [0.15, 0.2) is 18.2 Å². The van der Waals surface area contributed by atoms with Crippen LogP contribution in [0.4, 0.5) is 11.4 Å². The van der Waals surface area contributed by atoms with E-state index >= 15 is 0 Å². The molecule has 7 heteroatoms. The van der Waals surface area contributed by atoms with Crippen molar-refractivity contribution in [3.8, 4) is 5.75 Å². The molecule has 3 amide bonds. The summed E-state index contributed by atoms with van der Waals surface area (Å²) in [7, 11) is 1.55. The first kappa shape index (κ1) is 22.1. The molecular weight excluding hydrogens is 382 g/mol. The standard InChI is InChI=1S/C23H33N3O4/c1-15(2)21(25-22(28)16-8-5-4-6-9-16)23(29)24-17-11-12-18(19(14-17)30-3)26-13-7-10-20(26)27/h11-12,14-16,21H,4-10,13H2,1-3H3,(H,24,29)(H,25,28)/t21-/m1/s1. The molecule has 164 valence electrons. The summed E-state index contributed by atoms with van der Waals surface area (Å²) in [6.45, 7) is 4.52. The van der Waals surface area contributed by atoms with Gasteiger partial charge in [-0.05, 0) is 37.3 Å². The Kier molecular flexibility index (Phi) is 7.34. The fourth-order valence-electron chi connectivity index (χ4n) is 4.27. The highest BCUT2D eigenvalue weighted by atomic mass is 16.5. The Hall–Kier alpha value is -2.57. The van der Waals surface area contributed by atoms with E-state index in [9.17, 15) is 14.4 Å². The highest BCUT2D eigenvalue weighted by molar-refractivity contribution is 5.99. The zero-order chi connectivity index (χ0) is 21.7. The molecule has 1 saturated carbocycles. The maximum atomic E-state index is 12.9.